The van der Waals surface area contributed by atoms with E-state index in [1.807, 2.05) is 37.3 Å². The Morgan fingerprint density at radius 1 is 1.21 bits per heavy atom. The average Bonchev–Trinajstić information content (AvgIpc) is 3.34. The number of hydrogen-bond donors (Lipinski definition) is 2. The first-order chi connectivity index (χ1) is 14.1. The Labute approximate surface area is 176 Å². The minimum atomic E-state index is -0.164. The fourth-order valence-electron chi connectivity index (χ4n) is 2.79. The van der Waals surface area contributed by atoms with Gasteiger partial charge in [0.05, 0.1) is 16.8 Å². The van der Waals surface area contributed by atoms with Crippen LogP contribution in [0.4, 0.5) is 5.69 Å². The van der Waals surface area contributed by atoms with Crippen molar-refractivity contribution < 1.29 is 9.21 Å². The minimum absolute atomic E-state index is 0.164. The third-order valence-corrected chi connectivity index (χ3v) is 5.32. The van der Waals surface area contributed by atoms with Gasteiger partial charge in [0.1, 0.15) is 5.82 Å². The lowest BCUT2D eigenvalue weighted by molar-refractivity contribution is -0.113. The number of benzene rings is 2. The van der Waals surface area contributed by atoms with Gasteiger partial charge in [0, 0.05) is 23.6 Å². The highest BCUT2D eigenvalue weighted by Gasteiger charge is 2.12. The number of rotatable bonds is 7. The fraction of sp³-hybridized carbons (Fsp3) is 0.200. The van der Waals surface area contributed by atoms with Gasteiger partial charge < -0.3 is 14.7 Å². The second-order valence-corrected chi connectivity index (χ2v) is 7.82. The highest BCUT2D eigenvalue weighted by Crippen LogP contribution is 2.22. The number of carbonyl (C=O) groups is 1. The van der Waals surface area contributed by atoms with Crippen molar-refractivity contribution in [3.8, 4) is 0 Å². The number of aromatic amines is 1. The zero-order chi connectivity index (χ0) is 20.2. The van der Waals surface area contributed by atoms with Crippen LogP contribution in [0, 0.1) is 6.92 Å². The largest absolute Gasteiger partial charge is 0.416 e. The molecule has 0 aliphatic heterocycles. The Kier molecular flexibility index (Phi) is 5.82. The summed E-state index contributed by atoms with van der Waals surface area (Å²) in [6, 6.07) is 13.2. The molecular formula is C20H18ClN5O2S. The van der Waals surface area contributed by atoms with Crippen molar-refractivity contribution >= 4 is 46.0 Å². The molecule has 4 rings (SSSR count). The van der Waals surface area contributed by atoms with Gasteiger partial charge in [0.2, 0.25) is 11.8 Å². The lowest BCUT2D eigenvalue weighted by Gasteiger charge is -2.07. The normalized spacial score (nSPS) is 11.1. The van der Waals surface area contributed by atoms with Gasteiger partial charge in [-0.05, 0) is 36.8 Å². The first kappa shape index (κ1) is 19.5. The van der Waals surface area contributed by atoms with Crippen molar-refractivity contribution in [2.45, 2.75) is 25.0 Å². The Balaban J connectivity index is 1.28. The van der Waals surface area contributed by atoms with E-state index < -0.39 is 0 Å². The quantitative estimate of drug-likeness (QED) is 0.423. The molecule has 1 amide bonds. The van der Waals surface area contributed by atoms with E-state index in [2.05, 4.69) is 25.5 Å². The number of halogens is 1. The van der Waals surface area contributed by atoms with E-state index in [0.29, 0.717) is 34.7 Å². The van der Waals surface area contributed by atoms with Crippen LogP contribution in [-0.2, 0) is 17.6 Å². The summed E-state index contributed by atoms with van der Waals surface area (Å²) >= 11 is 7.17. The average molecular weight is 428 g/mol. The fourth-order valence-corrected chi connectivity index (χ4v) is 3.54. The molecule has 0 bridgehead atoms. The molecule has 4 aromatic rings. The Bertz CT molecular complexity index is 1120. The number of anilines is 1. The molecule has 148 valence electrons. The van der Waals surface area contributed by atoms with Crippen molar-refractivity contribution in [1.29, 1.82) is 0 Å². The molecule has 0 saturated heterocycles. The second kappa shape index (κ2) is 8.67. The van der Waals surface area contributed by atoms with Crippen molar-refractivity contribution in [2.24, 2.45) is 0 Å². The highest BCUT2D eigenvalue weighted by molar-refractivity contribution is 7.99. The summed E-state index contributed by atoms with van der Waals surface area (Å²) < 4.78 is 5.62. The molecule has 2 N–H and O–H groups in total. The van der Waals surface area contributed by atoms with Crippen LogP contribution in [-0.4, -0.2) is 31.8 Å². The van der Waals surface area contributed by atoms with E-state index in [-0.39, 0.29) is 11.7 Å². The summed E-state index contributed by atoms with van der Waals surface area (Å²) in [7, 11) is 0. The number of fused-ring (bicyclic) bond motifs is 1. The number of imidazole rings is 1. The van der Waals surface area contributed by atoms with Crippen molar-refractivity contribution in [2.75, 3.05) is 11.1 Å². The monoisotopic (exact) mass is 427 g/mol. The number of nitrogens with one attached hydrogen (secondary N) is 2. The molecule has 2 aromatic heterocycles. The molecule has 0 saturated carbocycles. The molecule has 29 heavy (non-hydrogen) atoms. The third-order valence-electron chi connectivity index (χ3n) is 4.26. The van der Waals surface area contributed by atoms with Crippen LogP contribution in [0.3, 0.4) is 0 Å². The summed E-state index contributed by atoms with van der Waals surface area (Å²) in [5.41, 5.74) is 3.58. The summed E-state index contributed by atoms with van der Waals surface area (Å²) in [5.74, 6) is 1.38. The second-order valence-electron chi connectivity index (χ2n) is 6.46. The van der Waals surface area contributed by atoms with Gasteiger partial charge in [-0.15, -0.1) is 10.2 Å². The number of amides is 1. The number of para-hydroxylation sites is 2. The topological polar surface area (TPSA) is 96.7 Å². The number of hydrogen-bond acceptors (Lipinski definition) is 6. The van der Waals surface area contributed by atoms with Crippen LogP contribution in [0.1, 0.15) is 17.3 Å². The number of nitrogens with zero attached hydrogens (tertiary/aromatic N) is 3. The van der Waals surface area contributed by atoms with Gasteiger partial charge in [-0.3, -0.25) is 4.79 Å². The van der Waals surface area contributed by atoms with Gasteiger partial charge in [0.25, 0.3) is 5.22 Å². The van der Waals surface area contributed by atoms with E-state index in [9.17, 15) is 4.79 Å². The van der Waals surface area contributed by atoms with Crippen LogP contribution in [0.15, 0.2) is 52.1 Å². The summed E-state index contributed by atoms with van der Waals surface area (Å²) in [5, 5.41) is 11.8. The van der Waals surface area contributed by atoms with Gasteiger partial charge in [-0.2, -0.15) is 0 Å². The molecule has 7 nitrogen and oxygen atoms in total. The molecule has 0 unspecified atom stereocenters. The van der Waals surface area contributed by atoms with E-state index in [1.54, 1.807) is 12.1 Å². The number of aromatic nitrogens is 4. The maximum absolute atomic E-state index is 12.2. The lowest BCUT2D eigenvalue weighted by Crippen LogP contribution is -2.14. The minimum Gasteiger partial charge on any atom is -0.416 e. The zero-order valence-corrected chi connectivity index (χ0v) is 17.2. The number of H-pyrrole nitrogens is 1. The maximum atomic E-state index is 12.2. The lowest BCUT2D eigenvalue weighted by atomic mass is 10.2. The maximum Gasteiger partial charge on any atom is 0.277 e. The Morgan fingerprint density at radius 2 is 2.07 bits per heavy atom. The van der Waals surface area contributed by atoms with Crippen LogP contribution >= 0.6 is 23.4 Å². The Morgan fingerprint density at radius 3 is 2.93 bits per heavy atom. The first-order valence-electron chi connectivity index (χ1n) is 9.01. The predicted molar refractivity (Wildman–Crippen MR) is 113 cm³/mol. The number of thioether (sulfide) groups is 1. The number of aryl methyl sites for hydroxylation is 3. The van der Waals surface area contributed by atoms with Crippen LogP contribution < -0.4 is 5.32 Å². The van der Waals surface area contributed by atoms with E-state index >= 15 is 0 Å². The van der Waals surface area contributed by atoms with Crippen molar-refractivity contribution in [1.82, 2.24) is 20.2 Å². The smallest absolute Gasteiger partial charge is 0.277 e. The third kappa shape index (κ3) is 4.96. The molecule has 2 aromatic carbocycles. The number of carbonyl (C=O) groups excluding carboxylic acids is 1. The van der Waals surface area contributed by atoms with Crippen LogP contribution in [0.25, 0.3) is 11.0 Å². The van der Waals surface area contributed by atoms with Gasteiger partial charge in [0.15, 0.2) is 0 Å². The Hall–Kier alpha value is -2.84. The zero-order valence-electron chi connectivity index (χ0n) is 15.6. The standard InChI is InChI=1S/C20H18ClN5O2S/c1-12-6-7-13(21)10-16(12)24-18(27)11-29-20-26-25-19(28-20)9-8-17-22-14-4-2-3-5-15(14)23-17/h2-7,10H,8-9,11H2,1H3,(H,22,23)(H,24,27). The molecule has 0 fully saturated rings. The SMILES string of the molecule is Cc1ccc(Cl)cc1NC(=O)CSc1nnc(CCc2nc3ccccc3[nH]2)o1. The van der Waals surface area contributed by atoms with Gasteiger partial charge in [-0.1, -0.05) is 41.6 Å². The van der Waals surface area contributed by atoms with Gasteiger partial charge in [-0.25, -0.2) is 4.98 Å². The van der Waals surface area contributed by atoms with Crippen LogP contribution in [0.5, 0.6) is 0 Å². The van der Waals surface area contributed by atoms with Crippen LogP contribution in [0.2, 0.25) is 5.02 Å². The first-order valence-corrected chi connectivity index (χ1v) is 10.4. The summed E-state index contributed by atoms with van der Waals surface area (Å²) in [6.45, 7) is 1.91. The molecule has 0 aliphatic rings. The van der Waals surface area contributed by atoms with Crippen molar-refractivity contribution in [3.63, 3.8) is 0 Å². The molecule has 9 heteroatoms. The molecule has 0 atom stereocenters. The molecular weight excluding hydrogens is 410 g/mol. The van der Waals surface area contributed by atoms with E-state index in [0.717, 1.165) is 22.4 Å². The molecule has 2 heterocycles. The summed E-state index contributed by atoms with van der Waals surface area (Å²) in [4.78, 5) is 20.0. The molecule has 0 spiro atoms. The highest BCUT2D eigenvalue weighted by atomic mass is 35.5. The molecule has 0 radical (unpaired) electrons. The van der Waals surface area contributed by atoms with E-state index in [1.165, 1.54) is 11.8 Å². The molecule has 0 aliphatic carbocycles. The van der Waals surface area contributed by atoms with E-state index in [4.69, 9.17) is 16.0 Å². The predicted octanol–water partition coefficient (Wildman–Crippen LogP) is 4.42. The summed E-state index contributed by atoms with van der Waals surface area (Å²) in [6.07, 6.45) is 1.23. The van der Waals surface area contributed by atoms with Gasteiger partial charge >= 0.3 is 0 Å². The van der Waals surface area contributed by atoms with Crippen molar-refractivity contribution in [3.05, 3.63) is 64.8 Å².